The fourth-order valence-electron chi connectivity index (χ4n) is 0.754. The Morgan fingerprint density at radius 1 is 1.20 bits per heavy atom. The highest BCUT2D eigenvalue weighted by molar-refractivity contribution is 4.94. The van der Waals surface area contributed by atoms with Crippen molar-refractivity contribution in [2.24, 2.45) is 0 Å². The Balaban J connectivity index is 2.19. The van der Waals surface area contributed by atoms with E-state index < -0.39 is 0 Å². The van der Waals surface area contributed by atoms with Gasteiger partial charge in [-0.15, -0.1) is 0 Å². The zero-order valence-electron chi connectivity index (χ0n) is 2.98. The van der Waals surface area contributed by atoms with Crippen LogP contribution in [0.4, 0.5) is 0 Å². The Kier molecular flexibility index (Phi) is 0.189. The minimum atomic E-state index is 0.731. The Hall–Kier alpha value is -0.0400. The third kappa shape index (κ3) is 0.127. The van der Waals surface area contributed by atoms with Gasteiger partial charge in [-0.05, 0) is 12.8 Å². The SMILES string of the molecule is C1C[C@H]2O[C@@H]12. The summed E-state index contributed by atoms with van der Waals surface area (Å²) >= 11 is 0. The molecule has 1 saturated carbocycles. The van der Waals surface area contributed by atoms with Crippen LogP contribution in [0.1, 0.15) is 12.8 Å². The average Bonchev–Trinajstić information content (AvgIpc) is 1.74. The van der Waals surface area contributed by atoms with E-state index in [1.54, 1.807) is 0 Å². The fraction of sp³-hybridized carbons (Fsp3) is 1.00. The predicted octanol–water partition coefficient (Wildman–Crippen LogP) is 0.548. The van der Waals surface area contributed by atoms with Crippen LogP contribution in [0.5, 0.6) is 0 Å². The molecule has 0 unspecified atom stereocenters. The van der Waals surface area contributed by atoms with Crippen LogP contribution in [-0.2, 0) is 4.74 Å². The first-order chi connectivity index (χ1) is 2.47. The van der Waals surface area contributed by atoms with Gasteiger partial charge in [0.2, 0.25) is 0 Å². The molecule has 0 radical (unpaired) electrons. The standard InChI is InChI=1S/C4H6O/c1-2-4-3(1)5-4/h3-4H,1-2H2/t3-,4+. The number of hydrogen-bond donors (Lipinski definition) is 0. The monoisotopic (exact) mass is 70.0 g/mol. The maximum atomic E-state index is 5.03. The highest BCUT2D eigenvalue weighted by Gasteiger charge is 2.46. The van der Waals surface area contributed by atoms with Crippen molar-refractivity contribution >= 4 is 0 Å². The molecule has 0 spiro atoms. The highest BCUT2D eigenvalue weighted by atomic mass is 16.6. The highest BCUT2D eigenvalue weighted by Crippen LogP contribution is 2.40. The molecule has 0 amide bonds. The molecule has 1 nitrogen and oxygen atoms in total. The molecule has 5 heavy (non-hydrogen) atoms. The maximum absolute atomic E-state index is 5.03. The van der Waals surface area contributed by atoms with E-state index in [-0.39, 0.29) is 0 Å². The molecule has 1 aliphatic carbocycles. The molecule has 1 heterocycles. The zero-order chi connectivity index (χ0) is 3.28. The number of ether oxygens (including phenoxy) is 1. The Bertz CT molecular complexity index is 48.7. The van der Waals surface area contributed by atoms with Gasteiger partial charge in [0.25, 0.3) is 0 Å². The van der Waals surface area contributed by atoms with Crippen LogP contribution in [0.3, 0.4) is 0 Å². The van der Waals surface area contributed by atoms with Gasteiger partial charge in [-0.3, -0.25) is 0 Å². The molecule has 1 saturated heterocycles. The lowest BCUT2D eigenvalue weighted by atomic mass is 10.0. The Morgan fingerprint density at radius 2 is 1.80 bits per heavy atom. The molecule has 2 atom stereocenters. The lowest BCUT2D eigenvalue weighted by Crippen LogP contribution is -2.04. The van der Waals surface area contributed by atoms with Gasteiger partial charge in [0.05, 0.1) is 12.2 Å². The van der Waals surface area contributed by atoms with E-state index in [1.165, 1.54) is 12.8 Å². The summed E-state index contributed by atoms with van der Waals surface area (Å²) < 4.78 is 5.03. The van der Waals surface area contributed by atoms with Gasteiger partial charge in [-0.2, -0.15) is 0 Å². The lowest BCUT2D eigenvalue weighted by molar-refractivity contribution is 0.417. The molecule has 2 fully saturated rings. The molecular formula is C4H6O. The van der Waals surface area contributed by atoms with E-state index in [9.17, 15) is 0 Å². The predicted molar refractivity (Wildman–Crippen MR) is 17.9 cm³/mol. The molecule has 28 valence electrons. The topological polar surface area (TPSA) is 12.5 Å². The van der Waals surface area contributed by atoms with E-state index in [4.69, 9.17) is 4.74 Å². The van der Waals surface area contributed by atoms with Gasteiger partial charge < -0.3 is 4.74 Å². The second kappa shape index (κ2) is 0.432. The maximum Gasteiger partial charge on any atom is 0.0842 e. The molecule has 2 rings (SSSR count). The Morgan fingerprint density at radius 3 is 1.80 bits per heavy atom. The molecule has 0 aromatic carbocycles. The summed E-state index contributed by atoms with van der Waals surface area (Å²) in [5.74, 6) is 0. The summed E-state index contributed by atoms with van der Waals surface area (Å²) in [5, 5.41) is 0. The molecule has 1 aliphatic heterocycles. The molecule has 0 aromatic heterocycles. The molecule has 0 bridgehead atoms. The van der Waals surface area contributed by atoms with Gasteiger partial charge in [0.15, 0.2) is 0 Å². The smallest absolute Gasteiger partial charge is 0.0842 e. The van der Waals surface area contributed by atoms with Crippen molar-refractivity contribution in [2.75, 3.05) is 0 Å². The third-order valence-corrected chi connectivity index (χ3v) is 1.42. The van der Waals surface area contributed by atoms with Crippen molar-refractivity contribution in [3.8, 4) is 0 Å². The van der Waals surface area contributed by atoms with Gasteiger partial charge in [-0.1, -0.05) is 0 Å². The number of hydrogen-bond acceptors (Lipinski definition) is 1. The van der Waals surface area contributed by atoms with Crippen molar-refractivity contribution in [1.29, 1.82) is 0 Å². The van der Waals surface area contributed by atoms with E-state index in [2.05, 4.69) is 0 Å². The van der Waals surface area contributed by atoms with Crippen LogP contribution >= 0.6 is 0 Å². The summed E-state index contributed by atoms with van der Waals surface area (Å²) in [4.78, 5) is 0. The van der Waals surface area contributed by atoms with Crippen LogP contribution in [0.25, 0.3) is 0 Å². The lowest BCUT2D eigenvalue weighted by Gasteiger charge is -1.97. The Labute approximate surface area is 30.9 Å². The van der Waals surface area contributed by atoms with Gasteiger partial charge in [0.1, 0.15) is 0 Å². The van der Waals surface area contributed by atoms with E-state index in [1.807, 2.05) is 0 Å². The van der Waals surface area contributed by atoms with Crippen molar-refractivity contribution in [3.05, 3.63) is 0 Å². The average molecular weight is 70.1 g/mol. The van der Waals surface area contributed by atoms with Crippen LogP contribution < -0.4 is 0 Å². The van der Waals surface area contributed by atoms with Gasteiger partial charge in [-0.25, -0.2) is 0 Å². The van der Waals surface area contributed by atoms with E-state index >= 15 is 0 Å². The summed E-state index contributed by atoms with van der Waals surface area (Å²) in [5.41, 5.74) is 0. The second-order valence-corrected chi connectivity index (χ2v) is 1.79. The zero-order valence-corrected chi connectivity index (χ0v) is 2.98. The first-order valence-corrected chi connectivity index (χ1v) is 2.12. The summed E-state index contributed by atoms with van der Waals surface area (Å²) in [6.07, 6.45) is 4.14. The quantitative estimate of drug-likeness (QED) is 0.379. The molecular weight excluding hydrogens is 64.0 g/mol. The van der Waals surface area contributed by atoms with E-state index in [0.29, 0.717) is 0 Å². The minimum absolute atomic E-state index is 0.731. The van der Waals surface area contributed by atoms with Crippen LogP contribution in [0, 0.1) is 0 Å². The fourth-order valence-corrected chi connectivity index (χ4v) is 0.754. The largest absolute Gasteiger partial charge is 0.370 e. The number of rotatable bonds is 0. The summed E-state index contributed by atoms with van der Waals surface area (Å²) in [7, 11) is 0. The van der Waals surface area contributed by atoms with Crippen LogP contribution in [0.15, 0.2) is 0 Å². The van der Waals surface area contributed by atoms with Crippen molar-refractivity contribution in [2.45, 2.75) is 25.0 Å². The molecule has 0 N–H and O–H groups in total. The molecule has 2 aliphatic rings. The first kappa shape index (κ1) is 2.19. The normalized spacial score (nSPS) is 57.6. The van der Waals surface area contributed by atoms with Gasteiger partial charge >= 0.3 is 0 Å². The van der Waals surface area contributed by atoms with Crippen molar-refractivity contribution in [3.63, 3.8) is 0 Å². The van der Waals surface area contributed by atoms with Crippen LogP contribution in [-0.4, -0.2) is 12.2 Å². The third-order valence-electron chi connectivity index (χ3n) is 1.42. The second-order valence-electron chi connectivity index (χ2n) is 1.79. The van der Waals surface area contributed by atoms with E-state index in [0.717, 1.165) is 12.2 Å². The van der Waals surface area contributed by atoms with Crippen LogP contribution in [0.2, 0.25) is 0 Å². The first-order valence-electron chi connectivity index (χ1n) is 2.12. The van der Waals surface area contributed by atoms with Crippen molar-refractivity contribution in [1.82, 2.24) is 0 Å². The number of epoxide rings is 1. The summed E-state index contributed by atoms with van der Waals surface area (Å²) in [6.45, 7) is 0. The summed E-state index contributed by atoms with van der Waals surface area (Å²) in [6, 6.07) is 0. The minimum Gasteiger partial charge on any atom is -0.370 e. The number of fused-ring (bicyclic) bond motifs is 1. The van der Waals surface area contributed by atoms with Crippen molar-refractivity contribution < 1.29 is 4.74 Å². The molecule has 0 aromatic rings. The van der Waals surface area contributed by atoms with Gasteiger partial charge in [0, 0.05) is 0 Å². The molecule has 1 heteroatoms.